The number of carboxylic acid groups (broad SMARTS) is 1. The number of hydrogen-bond acceptors (Lipinski definition) is 4. The first kappa shape index (κ1) is 19.6. The van der Waals surface area contributed by atoms with Gasteiger partial charge in [0, 0.05) is 17.7 Å². The monoisotopic (exact) mass is 372 g/mol. The minimum absolute atomic E-state index is 0. The van der Waals surface area contributed by atoms with Gasteiger partial charge in [0.2, 0.25) is 0 Å². The molecule has 0 radical (unpaired) electrons. The van der Waals surface area contributed by atoms with Gasteiger partial charge in [0.1, 0.15) is 17.3 Å². The van der Waals surface area contributed by atoms with Crippen LogP contribution in [-0.4, -0.2) is 18.2 Å². The van der Waals surface area contributed by atoms with E-state index in [0.717, 1.165) is 22.6 Å². The van der Waals surface area contributed by atoms with Gasteiger partial charge in [-0.2, -0.15) is 0 Å². The quantitative estimate of drug-likeness (QED) is 0.646. The summed E-state index contributed by atoms with van der Waals surface area (Å²) in [5.41, 5.74) is 2.06. The van der Waals surface area contributed by atoms with Gasteiger partial charge in [-0.1, -0.05) is 30.3 Å². The largest absolute Gasteiger partial charge is 1.00 e. The van der Waals surface area contributed by atoms with E-state index in [1.54, 1.807) is 25.3 Å². The van der Waals surface area contributed by atoms with Crippen LogP contribution < -0.4 is 22.5 Å². The minimum Gasteiger partial charge on any atom is -1.00 e. The Morgan fingerprint density at radius 2 is 1.88 bits per heavy atom. The van der Waals surface area contributed by atoms with Gasteiger partial charge < -0.3 is 32.0 Å². The van der Waals surface area contributed by atoms with E-state index in [9.17, 15) is 4.79 Å². The molecular formula is C20H19ClNO4-. The fourth-order valence-electron chi connectivity index (χ4n) is 2.60. The number of furan rings is 1. The Hall–Kier alpha value is -2.76. The van der Waals surface area contributed by atoms with Gasteiger partial charge in [-0.15, -0.1) is 0 Å². The first-order chi connectivity index (χ1) is 12.2. The number of methoxy groups -OCH3 is 1. The molecule has 136 valence electrons. The number of para-hydroxylation sites is 1. The SMILES string of the molecule is COc1ccccc1CNCc1ccc(-c2cccc(C(=O)O)c2)o1.[Cl-]. The molecule has 0 fully saturated rings. The lowest BCUT2D eigenvalue weighted by molar-refractivity contribution is -0.0000213. The number of carbonyl (C=O) groups is 1. The summed E-state index contributed by atoms with van der Waals surface area (Å²) >= 11 is 0. The molecule has 0 aliphatic carbocycles. The third-order valence-electron chi connectivity index (χ3n) is 3.86. The van der Waals surface area contributed by atoms with E-state index >= 15 is 0 Å². The lowest BCUT2D eigenvalue weighted by Crippen LogP contribution is -3.00. The number of aromatic carboxylic acids is 1. The van der Waals surface area contributed by atoms with E-state index in [1.807, 2.05) is 42.5 Å². The van der Waals surface area contributed by atoms with Crippen molar-refractivity contribution < 1.29 is 31.5 Å². The van der Waals surface area contributed by atoms with Gasteiger partial charge in [0.15, 0.2) is 0 Å². The summed E-state index contributed by atoms with van der Waals surface area (Å²) in [5, 5.41) is 12.4. The summed E-state index contributed by atoms with van der Waals surface area (Å²) < 4.78 is 11.1. The number of rotatable bonds is 7. The highest BCUT2D eigenvalue weighted by Gasteiger charge is 2.09. The maximum Gasteiger partial charge on any atom is 0.335 e. The lowest BCUT2D eigenvalue weighted by Gasteiger charge is -2.08. The molecule has 2 aromatic carbocycles. The number of ether oxygens (including phenoxy) is 1. The molecule has 6 heteroatoms. The molecule has 0 saturated carbocycles. The van der Waals surface area contributed by atoms with Crippen LogP contribution >= 0.6 is 0 Å². The van der Waals surface area contributed by atoms with Crippen molar-refractivity contribution in [2.75, 3.05) is 7.11 Å². The zero-order chi connectivity index (χ0) is 17.6. The van der Waals surface area contributed by atoms with Crippen molar-refractivity contribution >= 4 is 5.97 Å². The predicted molar refractivity (Wildman–Crippen MR) is 94.6 cm³/mol. The van der Waals surface area contributed by atoms with Crippen molar-refractivity contribution in [3.8, 4) is 17.1 Å². The molecule has 3 aromatic rings. The van der Waals surface area contributed by atoms with Crippen LogP contribution in [0.2, 0.25) is 0 Å². The Morgan fingerprint density at radius 3 is 2.65 bits per heavy atom. The van der Waals surface area contributed by atoms with Crippen LogP contribution in [0.3, 0.4) is 0 Å². The molecule has 0 aliphatic rings. The normalized spacial score (nSPS) is 10.2. The Bertz CT molecular complexity index is 876. The molecule has 0 amide bonds. The van der Waals surface area contributed by atoms with Crippen molar-refractivity contribution in [2.24, 2.45) is 0 Å². The van der Waals surface area contributed by atoms with Gasteiger partial charge >= 0.3 is 5.97 Å². The number of halogens is 1. The second-order valence-electron chi connectivity index (χ2n) is 5.57. The molecule has 0 saturated heterocycles. The highest BCUT2D eigenvalue weighted by molar-refractivity contribution is 5.89. The smallest absolute Gasteiger partial charge is 0.335 e. The maximum absolute atomic E-state index is 11.1. The van der Waals surface area contributed by atoms with Crippen molar-refractivity contribution in [1.82, 2.24) is 5.32 Å². The van der Waals surface area contributed by atoms with Crippen LogP contribution in [0.4, 0.5) is 0 Å². The van der Waals surface area contributed by atoms with Crippen molar-refractivity contribution in [3.63, 3.8) is 0 Å². The average molecular weight is 373 g/mol. The number of benzene rings is 2. The molecule has 26 heavy (non-hydrogen) atoms. The zero-order valence-electron chi connectivity index (χ0n) is 14.2. The summed E-state index contributed by atoms with van der Waals surface area (Å²) in [4.78, 5) is 11.1. The second-order valence-corrected chi connectivity index (χ2v) is 5.57. The van der Waals surface area contributed by atoms with Crippen LogP contribution in [-0.2, 0) is 13.1 Å². The number of hydrogen-bond donors (Lipinski definition) is 2. The molecular weight excluding hydrogens is 354 g/mol. The summed E-state index contributed by atoms with van der Waals surface area (Å²) in [6, 6.07) is 18.3. The standard InChI is InChI=1S/C20H19NO4.ClH/c1-24-18-8-3-2-5-16(18)12-21-13-17-9-10-19(25-17)14-6-4-7-15(11-14)20(22)23;/h2-11,21H,12-13H2,1H3,(H,22,23);1H/p-1. The number of carboxylic acids is 1. The zero-order valence-corrected chi connectivity index (χ0v) is 15.0. The predicted octanol–water partition coefficient (Wildman–Crippen LogP) is 0.947. The van der Waals surface area contributed by atoms with E-state index < -0.39 is 5.97 Å². The molecule has 3 rings (SSSR count). The van der Waals surface area contributed by atoms with E-state index in [0.29, 0.717) is 18.8 Å². The summed E-state index contributed by atoms with van der Waals surface area (Å²) in [6.45, 7) is 1.23. The maximum atomic E-state index is 11.1. The topological polar surface area (TPSA) is 71.7 Å². The Morgan fingerprint density at radius 1 is 1.08 bits per heavy atom. The first-order valence-corrected chi connectivity index (χ1v) is 7.92. The first-order valence-electron chi connectivity index (χ1n) is 7.92. The average Bonchev–Trinajstić information content (AvgIpc) is 3.11. The molecule has 0 aliphatic heterocycles. The minimum atomic E-state index is -0.952. The molecule has 0 unspecified atom stereocenters. The Labute approximate surface area is 158 Å². The van der Waals surface area contributed by atoms with E-state index in [4.69, 9.17) is 14.3 Å². The Balaban J connectivity index is 0.00000243. The summed E-state index contributed by atoms with van der Waals surface area (Å²) in [5.74, 6) is 1.33. The molecule has 2 N–H and O–H groups in total. The van der Waals surface area contributed by atoms with Crippen LogP contribution in [0, 0.1) is 0 Å². The van der Waals surface area contributed by atoms with Crippen molar-refractivity contribution in [2.45, 2.75) is 13.1 Å². The molecule has 0 spiro atoms. The van der Waals surface area contributed by atoms with Gasteiger partial charge in [0.05, 0.1) is 19.2 Å². The van der Waals surface area contributed by atoms with Crippen LogP contribution in [0.25, 0.3) is 11.3 Å². The highest BCUT2D eigenvalue weighted by atomic mass is 35.5. The third kappa shape index (κ3) is 4.65. The fraction of sp³-hybridized carbons (Fsp3) is 0.150. The van der Waals surface area contributed by atoms with Gasteiger partial charge in [-0.3, -0.25) is 0 Å². The molecule has 5 nitrogen and oxygen atoms in total. The van der Waals surface area contributed by atoms with E-state index in [1.165, 1.54) is 0 Å². The van der Waals surface area contributed by atoms with Gasteiger partial charge in [-0.25, -0.2) is 4.79 Å². The summed E-state index contributed by atoms with van der Waals surface area (Å²) in [6.07, 6.45) is 0. The van der Waals surface area contributed by atoms with Crippen molar-refractivity contribution in [3.05, 3.63) is 77.6 Å². The van der Waals surface area contributed by atoms with E-state index in [2.05, 4.69) is 5.32 Å². The Kier molecular flexibility index (Phi) is 6.83. The highest BCUT2D eigenvalue weighted by Crippen LogP contribution is 2.23. The van der Waals surface area contributed by atoms with Gasteiger partial charge in [0.25, 0.3) is 0 Å². The van der Waals surface area contributed by atoms with Crippen LogP contribution in [0.15, 0.2) is 65.1 Å². The molecule has 0 bridgehead atoms. The van der Waals surface area contributed by atoms with Crippen molar-refractivity contribution in [1.29, 1.82) is 0 Å². The van der Waals surface area contributed by atoms with Crippen LogP contribution in [0.1, 0.15) is 21.7 Å². The van der Waals surface area contributed by atoms with E-state index in [-0.39, 0.29) is 18.0 Å². The second kappa shape index (κ2) is 9.08. The summed E-state index contributed by atoms with van der Waals surface area (Å²) in [7, 11) is 1.66. The molecule has 0 atom stereocenters. The van der Waals surface area contributed by atoms with Crippen LogP contribution in [0.5, 0.6) is 5.75 Å². The number of nitrogens with one attached hydrogen (secondary N) is 1. The lowest BCUT2D eigenvalue weighted by atomic mass is 10.1. The third-order valence-corrected chi connectivity index (χ3v) is 3.86. The van der Waals surface area contributed by atoms with Gasteiger partial charge in [-0.05, 0) is 30.3 Å². The molecule has 1 aromatic heterocycles. The fourth-order valence-corrected chi connectivity index (χ4v) is 2.60. The molecule has 1 heterocycles.